The second-order valence-corrected chi connectivity index (χ2v) is 6.16. The molecule has 0 spiro atoms. The number of rotatable bonds is 6. The number of anilines is 1. The zero-order chi connectivity index (χ0) is 16.2. The Kier molecular flexibility index (Phi) is 4.75. The van der Waals surface area contributed by atoms with Crippen molar-refractivity contribution in [1.82, 2.24) is 20.1 Å². The van der Waals surface area contributed by atoms with Crippen LogP contribution in [0.15, 0.2) is 35.5 Å². The van der Waals surface area contributed by atoms with Gasteiger partial charge in [-0.2, -0.15) is 8.78 Å². The number of urea groups is 1. The summed E-state index contributed by atoms with van der Waals surface area (Å²) in [5.74, 6) is -1.79. The van der Waals surface area contributed by atoms with Crippen LogP contribution in [0.2, 0.25) is 0 Å². The molecule has 0 aliphatic heterocycles. The van der Waals surface area contributed by atoms with E-state index in [-0.39, 0.29) is 6.54 Å². The maximum Gasteiger partial charge on any atom is 0.319 e. The molecule has 9 heteroatoms. The summed E-state index contributed by atoms with van der Waals surface area (Å²) >= 11 is 0.437. The van der Waals surface area contributed by atoms with Gasteiger partial charge in [0.1, 0.15) is 6.33 Å². The van der Waals surface area contributed by atoms with Crippen molar-refractivity contribution < 1.29 is 13.6 Å². The minimum atomic E-state index is -2.49. The molecule has 122 valence electrons. The zero-order valence-electron chi connectivity index (χ0n) is 12.1. The van der Waals surface area contributed by atoms with E-state index in [0.29, 0.717) is 34.2 Å². The summed E-state index contributed by atoms with van der Waals surface area (Å²) in [6.07, 6.45) is 3.87. The third-order valence-corrected chi connectivity index (χ3v) is 4.02. The third kappa shape index (κ3) is 4.41. The molecule has 2 N–H and O–H groups in total. The maximum absolute atomic E-state index is 12.3. The first kappa shape index (κ1) is 15.7. The first-order valence-electron chi connectivity index (χ1n) is 7.10. The number of aromatic nitrogens is 3. The van der Waals surface area contributed by atoms with Gasteiger partial charge in [0, 0.05) is 16.6 Å². The lowest BCUT2D eigenvalue weighted by molar-refractivity contribution is 0.251. The Morgan fingerprint density at radius 1 is 1.43 bits per heavy atom. The van der Waals surface area contributed by atoms with Gasteiger partial charge in [-0.3, -0.25) is 0 Å². The summed E-state index contributed by atoms with van der Waals surface area (Å²) in [7, 11) is 0. The molecule has 2 aromatic rings. The first-order valence-corrected chi connectivity index (χ1v) is 7.98. The second kappa shape index (κ2) is 6.95. The van der Waals surface area contributed by atoms with Gasteiger partial charge < -0.3 is 15.2 Å². The van der Waals surface area contributed by atoms with Crippen molar-refractivity contribution in [3.05, 3.63) is 36.4 Å². The van der Waals surface area contributed by atoms with E-state index in [2.05, 4.69) is 20.8 Å². The monoisotopic (exact) mass is 339 g/mol. The predicted octanol–water partition coefficient (Wildman–Crippen LogP) is 3.25. The van der Waals surface area contributed by atoms with Gasteiger partial charge >= 0.3 is 6.03 Å². The van der Waals surface area contributed by atoms with Crippen LogP contribution in [0, 0.1) is 0 Å². The quantitative estimate of drug-likeness (QED) is 0.793. The average Bonchev–Trinajstić information content (AvgIpc) is 3.23. The van der Waals surface area contributed by atoms with Crippen LogP contribution < -0.4 is 10.6 Å². The van der Waals surface area contributed by atoms with E-state index in [1.165, 1.54) is 6.07 Å². The lowest BCUT2D eigenvalue weighted by Crippen LogP contribution is -2.29. The van der Waals surface area contributed by atoms with Gasteiger partial charge in [-0.05, 0) is 31.0 Å². The van der Waals surface area contributed by atoms with Crippen LogP contribution in [-0.4, -0.2) is 26.6 Å². The van der Waals surface area contributed by atoms with E-state index < -0.39 is 11.8 Å². The van der Waals surface area contributed by atoms with Gasteiger partial charge in [0.2, 0.25) is 0 Å². The lowest BCUT2D eigenvalue weighted by Gasteiger charge is -2.09. The van der Waals surface area contributed by atoms with Crippen LogP contribution in [0.4, 0.5) is 19.3 Å². The Morgan fingerprint density at radius 3 is 3.00 bits per heavy atom. The normalized spacial score (nSPS) is 14.0. The van der Waals surface area contributed by atoms with Gasteiger partial charge in [-0.15, -0.1) is 10.2 Å². The fraction of sp³-hybridized carbons (Fsp3) is 0.357. The van der Waals surface area contributed by atoms with E-state index >= 15 is 0 Å². The van der Waals surface area contributed by atoms with E-state index in [4.69, 9.17) is 0 Å². The van der Waals surface area contributed by atoms with Gasteiger partial charge in [-0.1, -0.05) is 17.8 Å². The Labute approximate surface area is 135 Å². The smallest absolute Gasteiger partial charge is 0.319 e. The first-order chi connectivity index (χ1) is 11.1. The molecule has 1 aromatic heterocycles. The van der Waals surface area contributed by atoms with Crippen molar-refractivity contribution in [2.75, 3.05) is 5.32 Å². The van der Waals surface area contributed by atoms with Crippen molar-refractivity contribution in [2.45, 2.75) is 36.1 Å². The fourth-order valence-corrected chi connectivity index (χ4v) is 2.69. The van der Waals surface area contributed by atoms with Crippen LogP contribution in [0.1, 0.15) is 24.7 Å². The topological polar surface area (TPSA) is 71.8 Å². The Balaban J connectivity index is 1.53. The molecule has 0 atom stereocenters. The summed E-state index contributed by atoms with van der Waals surface area (Å²) < 4.78 is 26.7. The molecule has 0 radical (unpaired) electrons. The molecule has 1 saturated carbocycles. The summed E-state index contributed by atoms with van der Waals surface area (Å²) in [5.41, 5.74) is 0.455. The number of carbonyl (C=O) groups excluding carboxylic acids is 1. The molecule has 6 nitrogen and oxygen atoms in total. The number of alkyl halides is 2. The van der Waals surface area contributed by atoms with Crippen LogP contribution in [0.25, 0.3) is 0 Å². The molecule has 2 amide bonds. The van der Waals surface area contributed by atoms with E-state index in [9.17, 15) is 13.6 Å². The highest BCUT2D eigenvalue weighted by Crippen LogP contribution is 2.35. The molecule has 0 saturated heterocycles. The van der Waals surface area contributed by atoms with Crippen LogP contribution in [0.5, 0.6) is 0 Å². The highest BCUT2D eigenvalue weighted by molar-refractivity contribution is 7.99. The van der Waals surface area contributed by atoms with Gasteiger partial charge in [0.25, 0.3) is 5.76 Å². The number of nitrogens with zero attached hydrogens (tertiary/aromatic N) is 3. The zero-order valence-corrected chi connectivity index (χ0v) is 12.9. The van der Waals surface area contributed by atoms with Crippen LogP contribution >= 0.6 is 11.8 Å². The van der Waals surface area contributed by atoms with Gasteiger partial charge in [0.15, 0.2) is 5.82 Å². The number of benzene rings is 1. The van der Waals surface area contributed by atoms with Gasteiger partial charge in [0.05, 0.1) is 6.54 Å². The second-order valence-electron chi connectivity index (χ2n) is 5.10. The van der Waals surface area contributed by atoms with Crippen molar-refractivity contribution in [3.8, 4) is 0 Å². The average molecular weight is 339 g/mol. The molecular weight excluding hydrogens is 324 g/mol. The predicted molar refractivity (Wildman–Crippen MR) is 82.5 cm³/mol. The van der Waals surface area contributed by atoms with E-state index in [1.54, 1.807) is 24.5 Å². The van der Waals surface area contributed by atoms with Crippen molar-refractivity contribution in [1.29, 1.82) is 0 Å². The molecule has 1 aromatic carbocycles. The number of nitrogens with one attached hydrogen (secondary N) is 2. The number of halogens is 2. The Morgan fingerprint density at radius 2 is 2.26 bits per heavy atom. The molecule has 1 heterocycles. The number of hydrogen-bond donors (Lipinski definition) is 2. The van der Waals surface area contributed by atoms with Crippen molar-refractivity contribution in [3.63, 3.8) is 0 Å². The fourth-order valence-electron chi connectivity index (χ4n) is 2.14. The molecular formula is C14H15F2N5OS. The van der Waals surface area contributed by atoms with E-state index in [0.717, 1.165) is 12.8 Å². The standard InChI is InChI=1S/C14H15F2N5OS/c15-13(16)23-11-3-1-2-9(6-11)19-14(22)17-7-12-20-18-8-21(12)10-4-5-10/h1-3,6,8,10,13H,4-5,7H2,(H2,17,19,22). The molecule has 3 rings (SSSR count). The minimum absolute atomic E-state index is 0.258. The Bertz CT molecular complexity index is 689. The number of amides is 2. The largest absolute Gasteiger partial charge is 0.331 e. The molecule has 0 unspecified atom stereocenters. The molecule has 0 bridgehead atoms. The van der Waals surface area contributed by atoms with Crippen molar-refractivity contribution in [2.24, 2.45) is 0 Å². The molecule has 23 heavy (non-hydrogen) atoms. The number of hydrogen-bond acceptors (Lipinski definition) is 4. The summed E-state index contributed by atoms with van der Waals surface area (Å²) in [4.78, 5) is 12.3. The molecule has 1 aliphatic carbocycles. The SMILES string of the molecule is O=C(NCc1nncn1C1CC1)Nc1cccc(SC(F)F)c1. The van der Waals surface area contributed by atoms with Gasteiger partial charge in [-0.25, -0.2) is 4.79 Å². The highest BCUT2D eigenvalue weighted by Gasteiger charge is 2.26. The number of thioether (sulfide) groups is 1. The maximum atomic E-state index is 12.3. The highest BCUT2D eigenvalue weighted by atomic mass is 32.2. The Hall–Kier alpha value is -2.16. The van der Waals surface area contributed by atoms with Crippen LogP contribution in [0.3, 0.4) is 0 Å². The summed E-state index contributed by atoms with van der Waals surface area (Å²) in [6, 6.07) is 6.34. The number of carbonyl (C=O) groups is 1. The van der Waals surface area contributed by atoms with E-state index in [1.807, 2.05) is 4.57 Å². The lowest BCUT2D eigenvalue weighted by atomic mass is 10.3. The summed E-state index contributed by atoms with van der Waals surface area (Å²) in [5, 5.41) is 13.1. The van der Waals surface area contributed by atoms with Crippen LogP contribution in [-0.2, 0) is 6.54 Å². The molecule has 1 fully saturated rings. The summed E-state index contributed by atoms with van der Waals surface area (Å²) in [6.45, 7) is 0.258. The minimum Gasteiger partial charge on any atom is -0.331 e. The molecule has 1 aliphatic rings. The van der Waals surface area contributed by atoms with Crippen molar-refractivity contribution >= 4 is 23.5 Å². The third-order valence-electron chi connectivity index (χ3n) is 3.31.